The van der Waals surface area contributed by atoms with E-state index in [2.05, 4.69) is 78.9 Å². The maximum Gasteiger partial charge on any atom is 0.466 e. The molecule has 0 aromatic carbocycles. The fourth-order valence-electron chi connectivity index (χ4n) is 0. The average molecular weight is 266 g/mol. The van der Waals surface area contributed by atoms with Crippen LogP contribution in [0.2, 0.25) is 0 Å². The van der Waals surface area contributed by atoms with Crippen LogP contribution in [-0.4, -0.2) is 14.7 Å². The first kappa shape index (κ1) is 45.0. The molecule has 0 bridgehead atoms. The van der Waals surface area contributed by atoms with Crippen LogP contribution in [0.4, 0.5) is 0 Å². The zero-order chi connectivity index (χ0) is 16.5. The van der Waals surface area contributed by atoms with E-state index in [-0.39, 0.29) is 0 Å². The minimum atomic E-state index is -4.64. The molecule has 0 fully saturated rings. The van der Waals surface area contributed by atoms with E-state index in [9.17, 15) is 0 Å². The van der Waals surface area contributed by atoms with E-state index in [1.807, 2.05) is 0 Å². The molecule has 17 heavy (non-hydrogen) atoms. The van der Waals surface area contributed by atoms with Crippen LogP contribution in [0.1, 0.15) is 0 Å². The molecule has 0 spiro atoms. The second kappa shape index (κ2) is 129. The van der Waals surface area contributed by atoms with Crippen molar-refractivity contribution in [1.29, 1.82) is 0 Å². The van der Waals surface area contributed by atoms with E-state index in [4.69, 9.17) is 19.2 Å². The van der Waals surface area contributed by atoms with E-state index >= 15 is 0 Å². The summed E-state index contributed by atoms with van der Waals surface area (Å²) in [6, 6.07) is 0. The van der Waals surface area contributed by atoms with Gasteiger partial charge in [-0.15, -0.1) is 78.9 Å². The van der Waals surface area contributed by atoms with Gasteiger partial charge in [-0.3, -0.25) is 0 Å². The summed E-state index contributed by atoms with van der Waals surface area (Å²) in [6.45, 7) is 36.0. The zero-order valence-electron chi connectivity index (χ0n) is 10.7. The summed E-state index contributed by atoms with van der Waals surface area (Å²) in [7, 11) is -4.64. The Balaban J connectivity index is -0.0000000147. The van der Waals surface area contributed by atoms with Gasteiger partial charge in [-0.25, -0.2) is 4.57 Å². The monoisotopic (exact) mass is 266 g/mol. The largest absolute Gasteiger partial charge is 0.466 e. The van der Waals surface area contributed by atoms with Crippen molar-refractivity contribution in [3.8, 4) is 0 Å². The van der Waals surface area contributed by atoms with Crippen molar-refractivity contribution in [2.45, 2.75) is 0 Å². The van der Waals surface area contributed by atoms with E-state index in [1.165, 1.54) is 0 Å². The second-order valence-electron chi connectivity index (χ2n) is 0.513. The van der Waals surface area contributed by atoms with Crippen LogP contribution in [-0.2, 0) is 4.57 Å². The third-order valence-electron chi connectivity index (χ3n) is 0. The molecule has 0 rings (SSSR count). The van der Waals surface area contributed by atoms with Crippen LogP contribution in [0.5, 0.6) is 0 Å². The van der Waals surface area contributed by atoms with Gasteiger partial charge in [0, 0.05) is 0 Å². The predicted octanol–water partition coefficient (Wildman–Crippen LogP) is 3.88. The Bertz CT molecular complexity index is 111. The van der Waals surface area contributed by atoms with Crippen molar-refractivity contribution in [3.05, 3.63) is 78.9 Å². The van der Waals surface area contributed by atoms with Gasteiger partial charge in [-0.05, 0) is 0 Å². The Hall–Kier alpha value is -1.45. The Labute approximate surface area is 107 Å². The van der Waals surface area contributed by atoms with Gasteiger partial charge in [0.25, 0.3) is 0 Å². The molecule has 0 atom stereocenters. The molecule has 0 aromatic rings. The minimum absolute atomic E-state index is 3.00. The number of hydrogen-bond acceptors (Lipinski definition) is 1. The maximum absolute atomic E-state index is 8.88. The fourth-order valence-corrected chi connectivity index (χ4v) is 0. The average Bonchev–Trinajstić information content (AvgIpc) is 2.41. The highest BCUT2D eigenvalue weighted by Gasteiger charge is 2.00. The molecular weight excluding hydrogens is 239 g/mol. The first-order valence-electron chi connectivity index (χ1n) is 3.78. The smallest absolute Gasteiger partial charge is 0.303 e. The van der Waals surface area contributed by atoms with Crippen molar-refractivity contribution in [1.82, 2.24) is 0 Å². The van der Waals surface area contributed by atoms with Crippen LogP contribution >= 0.6 is 7.82 Å². The third-order valence-corrected chi connectivity index (χ3v) is 0. The van der Waals surface area contributed by atoms with Crippen molar-refractivity contribution in [3.63, 3.8) is 0 Å². The summed E-state index contributed by atoms with van der Waals surface area (Å²) in [6.07, 6.45) is 0. The molecule has 104 valence electrons. The molecule has 0 unspecified atom stereocenters. The van der Waals surface area contributed by atoms with Crippen molar-refractivity contribution in [2.75, 3.05) is 0 Å². The molecule has 5 heteroatoms. The Morgan fingerprint density at radius 1 is 0.471 bits per heavy atom. The quantitative estimate of drug-likeness (QED) is 0.459. The minimum Gasteiger partial charge on any atom is -0.303 e. The molecule has 0 aliphatic carbocycles. The lowest BCUT2D eigenvalue weighted by Crippen LogP contribution is -1.66. The molecule has 4 nitrogen and oxygen atoms in total. The lowest BCUT2D eigenvalue weighted by atomic mass is 11.3. The van der Waals surface area contributed by atoms with E-state index < -0.39 is 7.82 Å². The van der Waals surface area contributed by atoms with Gasteiger partial charge in [-0.2, -0.15) is 0 Å². The number of phosphoric acid groups is 1. The first-order valence-corrected chi connectivity index (χ1v) is 5.35. The van der Waals surface area contributed by atoms with Gasteiger partial charge in [0.1, 0.15) is 0 Å². The second-order valence-corrected chi connectivity index (χ2v) is 1.54. The molecule has 0 aliphatic heterocycles. The molecule has 3 N–H and O–H groups in total. The molecule has 0 amide bonds. The summed E-state index contributed by atoms with van der Waals surface area (Å²) in [5, 5.41) is 0. The first-order chi connectivity index (χ1) is 8.00. The third kappa shape index (κ3) is 1090. The van der Waals surface area contributed by atoms with Crippen LogP contribution in [0.25, 0.3) is 0 Å². The Kier molecular flexibility index (Phi) is 342. The van der Waals surface area contributed by atoms with Crippen LogP contribution < -0.4 is 0 Å². The van der Waals surface area contributed by atoms with Crippen LogP contribution in [0.3, 0.4) is 0 Å². The van der Waals surface area contributed by atoms with Crippen LogP contribution in [0.15, 0.2) is 78.9 Å². The van der Waals surface area contributed by atoms with Gasteiger partial charge >= 0.3 is 7.82 Å². The normalized spacial score (nSPS) is 4.88. The van der Waals surface area contributed by atoms with Crippen molar-refractivity contribution >= 4 is 7.82 Å². The summed E-state index contributed by atoms with van der Waals surface area (Å²) >= 11 is 0. The zero-order valence-corrected chi connectivity index (χ0v) is 11.6. The van der Waals surface area contributed by atoms with Crippen LogP contribution in [0, 0.1) is 0 Å². The lowest BCUT2D eigenvalue weighted by molar-refractivity contribution is 0.275. The highest BCUT2D eigenvalue weighted by molar-refractivity contribution is 7.45. The highest BCUT2D eigenvalue weighted by Crippen LogP contribution is 2.25. The van der Waals surface area contributed by atoms with Gasteiger partial charge in [0.2, 0.25) is 0 Å². The van der Waals surface area contributed by atoms with Gasteiger partial charge in [0.15, 0.2) is 0 Å². The highest BCUT2D eigenvalue weighted by atomic mass is 31.2. The van der Waals surface area contributed by atoms with Crippen molar-refractivity contribution < 1.29 is 19.2 Å². The lowest BCUT2D eigenvalue weighted by Gasteiger charge is -1.82. The van der Waals surface area contributed by atoms with Gasteiger partial charge in [-0.1, -0.05) is 0 Å². The standard InChI is InChI=1S/6C2H4.H3O4P/c6*1-2;1-5(2,3)4/h6*1-2H2;(H3,1,2,3,4). The predicted molar refractivity (Wildman–Crippen MR) is 81.8 cm³/mol. The van der Waals surface area contributed by atoms with Gasteiger partial charge < -0.3 is 14.7 Å². The fraction of sp³-hybridized carbons (Fsp3) is 0. The van der Waals surface area contributed by atoms with E-state index in [0.29, 0.717) is 0 Å². The summed E-state index contributed by atoms with van der Waals surface area (Å²) < 4.78 is 8.88. The molecule has 0 aromatic heterocycles. The maximum atomic E-state index is 8.88. The SMILES string of the molecule is C=C.C=C.C=C.C=C.C=C.C=C.O=P(O)(O)O. The summed E-state index contributed by atoms with van der Waals surface area (Å²) in [4.78, 5) is 21.6. The summed E-state index contributed by atoms with van der Waals surface area (Å²) in [5.41, 5.74) is 0. The number of hydrogen-bond donors (Lipinski definition) is 3. The topological polar surface area (TPSA) is 77.8 Å². The van der Waals surface area contributed by atoms with E-state index in [1.54, 1.807) is 0 Å². The molecule has 0 saturated carbocycles. The molecule has 0 heterocycles. The molecular formula is C12H27O4P. The van der Waals surface area contributed by atoms with E-state index in [0.717, 1.165) is 0 Å². The Morgan fingerprint density at radius 3 is 0.471 bits per heavy atom. The Morgan fingerprint density at radius 2 is 0.471 bits per heavy atom. The van der Waals surface area contributed by atoms with Crippen molar-refractivity contribution in [2.24, 2.45) is 0 Å². The molecule has 0 radical (unpaired) electrons. The molecule has 0 aliphatic rings. The molecule has 0 saturated heterocycles. The number of rotatable bonds is 0. The van der Waals surface area contributed by atoms with Gasteiger partial charge in [0.05, 0.1) is 0 Å². The summed E-state index contributed by atoms with van der Waals surface area (Å²) in [5.74, 6) is 0.